The summed E-state index contributed by atoms with van der Waals surface area (Å²) < 4.78 is 8.68. The molecular formula is C22H23ClN4O3. The Bertz CT molecular complexity index is 1090. The molecule has 0 fully saturated rings. The lowest BCUT2D eigenvalue weighted by atomic mass is 10.2. The number of halogens is 1. The normalized spacial score (nSPS) is 13.4. The van der Waals surface area contributed by atoms with Crippen LogP contribution in [0.4, 0.5) is 5.69 Å². The maximum absolute atomic E-state index is 12.5. The molecule has 0 unspecified atom stereocenters. The smallest absolute Gasteiger partial charge is 0.346 e. The fourth-order valence-corrected chi connectivity index (χ4v) is 3.67. The highest BCUT2D eigenvalue weighted by atomic mass is 35.5. The minimum atomic E-state index is -0.296. The van der Waals surface area contributed by atoms with E-state index in [2.05, 4.69) is 10.4 Å². The van der Waals surface area contributed by atoms with Crippen molar-refractivity contribution in [2.24, 2.45) is 0 Å². The summed E-state index contributed by atoms with van der Waals surface area (Å²) in [6.45, 7) is 0.925. The van der Waals surface area contributed by atoms with Gasteiger partial charge in [0.15, 0.2) is 0 Å². The molecule has 156 valence electrons. The third-order valence-corrected chi connectivity index (χ3v) is 5.43. The van der Waals surface area contributed by atoms with Crippen molar-refractivity contribution < 1.29 is 9.53 Å². The SMILES string of the molecule is O=C(Cn1nc2n(c1=O)CCCCC2)Nc1ccc(OCc2ccccc2Cl)cc1. The molecular weight excluding hydrogens is 404 g/mol. The number of rotatable bonds is 6. The quantitative estimate of drug-likeness (QED) is 0.652. The number of hydrogen-bond acceptors (Lipinski definition) is 4. The van der Waals surface area contributed by atoms with E-state index in [0.29, 0.717) is 29.6 Å². The predicted octanol–water partition coefficient (Wildman–Crippen LogP) is 3.64. The van der Waals surface area contributed by atoms with Crippen LogP contribution in [0.2, 0.25) is 5.02 Å². The minimum absolute atomic E-state index is 0.108. The van der Waals surface area contributed by atoms with Crippen molar-refractivity contribution in [3.05, 3.63) is 75.4 Å². The van der Waals surface area contributed by atoms with Gasteiger partial charge in [0.1, 0.15) is 24.7 Å². The summed E-state index contributed by atoms with van der Waals surface area (Å²) in [5.74, 6) is 1.14. The molecule has 0 bridgehead atoms. The summed E-state index contributed by atoms with van der Waals surface area (Å²) in [4.78, 5) is 24.9. The lowest BCUT2D eigenvalue weighted by Gasteiger charge is -2.09. The van der Waals surface area contributed by atoms with E-state index in [0.717, 1.165) is 37.1 Å². The predicted molar refractivity (Wildman–Crippen MR) is 115 cm³/mol. The Morgan fingerprint density at radius 2 is 1.90 bits per heavy atom. The van der Waals surface area contributed by atoms with Crippen LogP contribution in [0.3, 0.4) is 0 Å². The van der Waals surface area contributed by atoms with Gasteiger partial charge in [0.25, 0.3) is 0 Å². The summed E-state index contributed by atoms with van der Waals surface area (Å²) in [6, 6.07) is 14.6. The lowest BCUT2D eigenvalue weighted by molar-refractivity contribution is -0.117. The number of carbonyl (C=O) groups excluding carboxylic acids is 1. The molecule has 0 radical (unpaired) electrons. The fourth-order valence-electron chi connectivity index (χ4n) is 3.48. The van der Waals surface area contributed by atoms with Crippen LogP contribution in [0.1, 0.15) is 30.7 Å². The van der Waals surface area contributed by atoms with E-state index in [1.807, 2.05) is 24.3 Å². The monoisotopic (exact) mass is 426 g/mol. The Morgan fingerprint density at radius 1 is 1.10 bits per heavy atom. The fraction of sp³-hybridized carbons (Fsp3) is 0.318. The maximum Gasteiger partial charge on any atom is 0.346 e. The van der Waals surface area contributed by atoms with Gasteiger partial charge in [-0.05, 0) is 43.2 Å². The third-order valence-electron chi connectivity index (χ3n) is 5.07. The molecule has 0 saturated carbocycles. The van der Waals surface area contributed by atoms with E-state index < -0.39 is 0 Å². The van der Waals surface area contributed by atoms with Crippen LogP contribution in [0.15, 0.2) is 53.3 Å². The number of anilines is 1. The number of aromatic nitrogens is 3. The Hall–Kier alpha value is -3.06. The van der Waals surface area contributed by atoms with Crippen LogP contribution >= 0.6 is 11.6 Å². The second-order valence-corrected chi connectivity index (χ2v) is 7.68. The molecule has 0 atom stereocenters. The zero-order valence-electron chi connectivity index (χ0n) is 16.5. The first-order valence-electron chi connectivity index (χ1n) is 10.0. The van der Waals surface area contributed by atoms with Crippen molar-refractivity contribution in [2.45, 2.75) is 45.4 Å². The topological polar surface area (TPSA) is 78.2 Å². The van der Waals surface area contributed by atoms with Crippen molar-refractivity contribution >= 4 is 23.2 Å². The highest BCUT2D eigenvalue weighted by molar-refractivity contribution is 6.31. The van der Waals surface area contributed by atoms with E-state index >= 15 is 0 Å². The van der Waals surface area contributed by atoms with Crippen molar-refractivity contribution in [3.63, 3.8) is 0 Å². The van der Waals surface area contributed by atoms with Crippen molar-refractivity contribution in [3.8, 4) is 5.75 Å². The van der Waals surface area contributed by atoms with Gasteiger partial charge in [0, 0.05) is 29.2 Å². The number of hydrogen-bond donors (Lipinski definition) is 1. The molecule has 1 aliphatic heterocycles. The van der Waals surface area contributed by atoms with Crippen molar-refractivity contribution in [2.75, 3.05) is 5.32 Å². The molecule has 1 aliphatic rings. The van der Waals surface area contributed by atoms with Gasteiger partial charge in [0.2, 0.25) is 5.91 Å². The lowest BCUT2D eigenvalue weighted by Crippen LogP contribution is -2.30. The van der Waals surface area contributed by atoms with Crippen LogP contribution in [0, 0.1) is 0 Å². The van der Waals surface area contributed by atoms with Crippen LogP contribution in [-0.2, 0) is 30.9 Å². The molecule has 3 aromatic rings. The maximum atomic E-state index is 12.5. The van der Waals surface area contributed by atoms with E-state index in [9.17, 15) is 9.59 Å². The number of ether oxygens (including phenoxy) is 1. The molecule has 0 aliphatic carbocycles. The Labute approximate surface area is 179 Å². The minimum Gasteiger partial charge on any atom is -0.489 e. The van der Waals surface area contributed by atoms with Crippen LogP contribution in [0.5, 0.6) is 5.75 Å². The number of nitrogens with zero attached hydrogens (tertiary/aromatic N) is 3. The number of carbonyl (C=O) groups is 1. The van der Waals surface area contributed by atoms with Gasteiger partial charge in [0.05, 0.1) is 0 Å². The molecule has 30 heavy (non-hydrogen) atoms. The van der Waals surface area contributed by atoms with Gasteiger partial charge in [-0.15, -0.1) is 0 Å². The molecule has 1 N–H and O–H groups in total. The Kier molecular flexibility index (Phi) is 6.18. The zero-order valence-corrected chi connectivity index (χ0v) is 17.3. The molecule has 0 spiro atoms. The summed E-state index contributed by atoms with van der Waals surface area (Å²) >= 11 is 6.13. The average Bonchev–Trinajstić information content (AvgIpc) is 2.90. The Balaban J connectivity index is 1.34. The molecule has 4 rings (SSSR count). The van der Waals surface area contributed by atoms with Gasteiger partial charge in [-0.1, -0.05) is 36.2 Å². The van der Waals surface area contributed by atoms with E-state index in [-0.39, 0.29) is 18.1 Å². The summed E-state index contributed by atoms with van der Waals surface area (Å²) in [7, 11) is 0. The summed E-state index contributed by atoms with van der Waals surface area (Å²) in [5.41, 5.74) is 1.31. The molecule has 7 nitrogen and oxygen atoms in total. The van der Waals surface area contributed by atoms with E-state index in [4.69, 9.17) is 16.3 Å². The standard InChI is InChI=1S/C22H23ClN4O3/c23-19-7-4-3-6-16(19)15-30-18-11-9-17(10-12-18)24-21(28)14-27-22(29)26-13-5-1-2-8-20(26)25-27/h3-4,6-7,9-12H,1-2,5,8,13-15H2,(H,24,28). The number of amides is 1. The van der Waals surface area contributed by atoms with Gasteiger partial charge < -0.3 is 10.1 Å². The van der Waals surface area contributed by atoms with E-state index in [1.54, 1.807) is 28.8 Å². The number of benzene rings is 2. The first kappa shape index (κ1) is 20.2. The number of aryl methyl sites for hydroxylation is 1. The highest BCUT2D eigenvalue weighted by Crippen LogP contribution is 2.20. The van der Waals surface area contributed by atoms with Gasteiger partial charge >= 0.3 is 5.69 Å². The largest absolute Gasteiger partial charge is 0.489 e. The zero-order chi connectivity index (χ0) is 20.9. The molecule has 0 saturated heterocycles. The molecule has 1 aromatic heterocycles. The second-order valence-electron chi connectivity index (χ2n) is 7.27. The average molecular weight is 427 g/mol. The van der Waals surface area contributed by atoms with Crippen LogP contribution in [-0.4, -0.2) is 20.3 Å². The Morgan fingerprint density at radius 3 is 2.70 bits per heavy atom. The second kappa shape index (κ2) is 9.17. The van der Waals surface area contributed by atoms with Crippen molar-refractivity contribution in [1.29, 1.82) is 0 Å². The van der Waals surface area contributed by atoms with Gasteiger partial charge in [-0.2, -0.15) is 5.10 Å². The van der Waals surface area contributed by atoms with Crippen LogP contribution < -0.4 is 15.7 Å². The van der Waals surface area contributed by atoms with Crippen LogP contribution in [0.25, 0.3) is 0 Å². The first-order chi connectivity index (χ1) is 14.6. The number of nitrogens with one attached hydrogen (secondary N) is 1. The first-order valence-corrected chi connectivity index (χ1v) is 10.4. The molecule has 8 heteroatoms. The summed E-state index contributed by atoms with van der Waals surface area (Å²) in [6.07, 6.45) is 3.87. The van der Waals surface area contributed by atoms with Crippen molar-refractivity contribution in [1.82, 2.24) is 14.3 Å². The van der Waals surface area contributed by atoms with Gasteiger partial charge in [-0.25, -0.2) is 9.48 Å². The van der Waals surface area contributed by atoms with E-state index in [1.165, 1.54) is 4.68 Å². The molecule has 1 amide bonds. The summed E-state index contributed by atoms with van der Waals surface area (Å²) in [5, 5.41) is 7.80. The molecule has 2 heterocycles. The van der Waals surface area contributed by atoms with Gasteiger partial charge in [-0.3, -0.25) is 9.36 Å². The highest BCUT2D eigenvalue weighted by Gasteiger charge is 2.17. The molecule has 2 aromatic carbocycles. The number of fused-ring (bicyclic) bond motifs is 1. The third kappa shape index (κ3) is 4.74.